The van der Waals surface area contributed by atoms with Gasteiger partial charge in [0.15, 0.2) is 0 Å². The van der Waals surface area contributed by atoms with Crippen molar-refractivity contribution in [3.05, 3.63) is 48.8 Å². The molecule has 0 bridgehead atoms. The first-order valence-corrected chi connectivity index (χ1v) is 8.83. The van der Waals surface area contributed by atoms with Crippen LogP contribution in [0.1, 0.15) is 0 Å². The third-order valence-corrected chi connectivity index (χ3v) is 3.92. The van der Waals surface area contributed by atoms with Crippen molar-refractivity contribution < 1.29 is 48.6 Å². The number of aliphatic hydroxyl groups excluding tert-OH is 3. The molecule has 1 saturated heterocycles. The zero-order chi connectivity index (χ0) is 20.6. The Hall–Kier alpha value is -1.62. The van der Waals surface area contributed by atoms with E-state index in [1.807, 2.05) is 0 Å². The van der Waals surface area contributed by atoms with Gasteiger partial charge in [0.1, 0.15) is 30.2 Å². The molecule has 0 aromatic heterocycles. The van der Waals surface area contributed by atoms with E-state index in [0.717, 1.165) is 0 Å². The monoisotopic (exact) mass is 406 g/mol. The maximum absolute atomic E-state index is 11.5. The number of rotatable bonds is 9. The molecule has 1 rings (SSSR count). The molecule has 1 aliphatic heterocycles. The van der Waals surface area contributed by atoms with Gasteiger partial charge in [-0.3, -0.25) is 0 Å². The molecule has 1 heterocycles. The highest BCUT2D eigenvalue weighted by Gasteiger charge is 2.45. The van der Waals surface area contributed by atoms with Crippen LogP contribution in [0.2, 0.25) is 0 Å². The Labute approximate surface area is 157 Å². The van der Waals surface area contributed by atoms with Gasteiger partial charge in [-0.25, -0.2) is 4.79 Å². The van der Waals surface area contributed by atoms with Crippen molar-refractivity contribution in [3.63, 3.8) is 0 Å². The minimum Gasteiger partial charge on any atom is -0.465 e. The van der Waals surface area contributed by atoms with Crippen LogP contribution in [-0.4, -0.2) is 75.5 Å². The minimum absolute atomic E-state index is 0.0668. The Morgan fingerprint density at radius 1 is 1.11 bits per heavy atom. The van der Waals surface area contributed by atoms with E-state index in [1.165, 1.54) is 31.4 Å². The van der Waals surface area contributed by atoms with Gasteiger partial charge in [0.05, 0.1) is 19.3 Å². The summed E-state index contributed by atoms with van der Waals surface area (Å²) in [5.74, 6) is -0.559. The number of carbonyl (C=O) groups excluding carboxylic acids is 1. The molecule has 0 radical (unpaired) electrons. The largest absolute Gasteiger partial charge is 0.465 e. The van der Waals surface area contributed by atoms with Crippen molar-refractivity contribution in [1.29, 1.82) is 0 Å². The fourth-order valence-corrected chi connectivity index (χ4v) is 2.37. The van der Waals surface area contributed by atoms with E-state index in [1.54, 1.807) is 0 Å². The summed E-state index contributed by atoms with van der Waals surface area (Å²) in [6.07, 6.45) is -2.23. The van der Waals surface area contributed by atoms with Crippen LogP contribution >= 0.6 is 8.60 Å². The van der Waals surface area contributed by atoms with Gasteiger partial charge in [-0.2, -0.15) is 0 Å². The first kappa shape index (κ1) is 23.4. The predicted molar refractivity (Wildman–Crippen MR) is 93.7 cm³/mol. The second-order valence-electron chi connectivity index (χ2n) is 5.27. The Bertz CT molecular complexity index is 588. The number of carbonyl (C=O) groups is 1. The molecule has 11 heteroatoms. The summed E-state index contributed by atoms with van der Waals surface area (Å²) in [6, 6.07) is 0. The summed E-state index contributed by atoms with van der Waals surface area (Å²) in [6.45, 7) is 6.55. The van der Waals surface area contributed by atoms with Crippen LogP contribution in [0.15, 0.2) is 48.8 Å². The quantitative estimate of drug-likeness (QED) is 0.110. The lowest BCUT2D eigenvalue weighted by Gasteiger charge is -2.40. The molecule has 0 aliphatic carbocycles. The van der Waals surface area contributed by atoms with E-state index >= 15 is 0 Å². The van der Waals surface area contributed by atoms with Crippen LogP contribution < -0.4 is 0 Å². The van der Waals surface area contributed by atoms with Gasteiger partial charge < -0.3 is 43.8 Å². The summed E-state index contributed by atoms with van der Waals surface area (Å²) in [5.41, 5.74) is 0.131. The zero-order valence-electron chi connectivity index (χ0n) is 14.5. The lowest BCUT2D eigenvalue weighted by atomic mass is 9.99. The van der Waals surface area contributed by atoms with Crippen molar-refractivity contribution >= 4 is 14.6 Å². The maximum Gasteiger partial charge on any atom is 0.337 e. The normalized spacial score (nSPS) is 29.4. The third kappa shape index (κ3) is 6.80. The predicted octanol–water partition coefficient (Wildman–Crippen LogP) is -0.606. The van der Waals surface area contributed by atoms with E-state index in [2.05, 4.69) is 22.4 Å². The van der Waals surface area contributed by atoms with Crippen LogP contribution in [-0.2, 0) is 23.5 Å². The maximum atomic E-state index is 11.5. The van der Waals surface area contributed by atoms with E-state index in [-0.39, 0.29) is 11.3 Å². The molecule has 0 aromatic carbocycles. The number of ether oxygens (including phenoxy) is 3. The van der Waals surface area contributed by atoms with Gasteiger partial charge in [0.25, 0.3) is 0 Å². The lowest BCUT2D eigenvalue weighted by molar-refractivity contribution is -0.289. The molecule has 152 valence electrons. The van der Waals surface area contributed by atoms with Crippen molar-refractivity contribution in [2.75, 3.05) is 13.7 Å². The summed E-state index contributed by atoms with van der Waals surface area (Å²) in [7, 11) is -1.48. The fourth-order valence-electron chi connectivity index (χ4n) is 2.09. The molecule has 3 unspecified atom stereocenters. The first-order valence-electron chi connectivity index (χ1n) is 7.67. The van der Waals surface area contributed by atoms with Gasteiger partial charge in [-0.15, -0.1) is 0 Å². The zero-order valence-corrected chi connectivity index (χ0v) is 15.4. The molecule has 0 spiro atoms. The van der Waals surface area contributed by atoms with Crippen molar-refractivity contribution in [3.8, 4) is 0 Å². The highest BCUT2D eigenvalue weighted by atomic mass is 31.2. The number of allylic oxidation sites excluding steroid dienone is 3. The van der Waals surface area contributed by atoms with Gasteiger partial charge in [0.2, 0.25) is 6.29 Å². The van der Waals surface area contributed by atoms with Gasteiger partial charge >= 0.3 is 14.6 Å². The average molecular weight is 406 g/mol. The smallest absolute Gasteiger partial charge is 0.337 e. The second kappa shape index (κ2) is 11.3. The van der Waals surface area contributed by atoms with Crippen molar-refractivity contribution in [2.45, 2.75) is 30.7 Å². The number of esters is 1. The Morgan fingerprint density at radius 3 is 2.30 bits per heavy atom. The van der Waals surface area contributed by atoms with E-state index in [9.17, 15) is 20.1 Å². The van der Waals surface area contributed by atoms with Gasteiger partial charge in [0, 0.05) is 0 Å². The number of hydrogen-bond donors (Lipinski definition) is 5. The van der Waals surface area contributed by atoms with Gasteiger partial charge in [-0.1, -0.05) is 19.2 Å². The number of aliphatic hydroxyl groups is 3. The molecule has 1 fully saturated rings. The Balaban J connectivity index is 2.92. The molecular formula is C16H23O10P. The van der Waals surface area contributed by atoms with Crippen molar-refractivity contribution in [1.82, 2.24) is 0 Å². The molecule has 5 atom stereocenters. The second-order valence-corrected chi connectivity index (χ2v) is 6.04. The van der Waals surface area contributed by atoms with Crippen LogP contribution in [0.5, 0.6) is 0 Å². The molecule has 0 amide bonds. The van der Waals surface area contributed by atoms with Crippen LogP contribution in [0.25, 0.3) is 0 Å². The molecule has 27 heavy (non-hydrogen) atoms. The third-order valence-electron chi connectivity index (χ3n) is 3.54. The SMILES string of the molecule is C=C/C(=C\C=C(/C=C)C(=O)OC)O[C@H]1OC(COP(O)O)[C@@H](O)C(O)C1O. The van der Waals surface area contributed by atoms with E-state index < -0.39 is 51.9 Å². The molecule has 0 saturated carbocycles. The van der Waals surface area contributed by atoms with Crippen LogP contribution in [0.3, 0.4) is 0 Å². The lowest BCUT2D eigenvalue weighted by Crippen LogP contribution is -2.59. The summed E-state index contributed by atoms with van der Waals surface area (Å²) >= 11 is 0. The Kier molecular flexibility index (Phi) is 9.78. The van der Waals surface area contributed by atoms with E-state index in [0.29, 0.717) is 0 Å². The van der Waals surface area contributed by atoms with Crippen molar-refractivity contribution in [2.24, 2.45) is 0 Å². The highest BCUT2D eigenvalue weighted by Crippen LogP contribution is 2.29. The highest BCUT2D eigenvalue weighted by molar-refractivity contribution is 7.39. The number of hydrogen-bond acceptors (Lipinski definition) is 10. The fraction of sp³-hybridized carbons (Fsp3) is 0.438. The van der Waals surface area contributed by atoms with Crippen LogP contribution in [0, 0.1) is 0 Å². The molecular weight excluding hydrogens is 383 g/mol. The summed E-state index contributed by atoms with van der Waals surface area (Å²) in [5, 5.41) is 29.9. The standard InChI is InChI=1S/C16H23O10P/c1-4-9(15(20)23-3)6-7-10(5-2)25-16-14(19)13(18)12(17)11(26-16)8-24-27(21)22/h4-7,11-14,16-19,21-22H,1-2,8H2,3H3/b9-6+,10-7+/t11?,12-,13?,14?,16+/m1/s1. The van der Waals surface area contributed by atoms with E-state index in [4.69, 9.17) is 19.3 Å². The molecule has 0 aromatic rings. The topological polar surface area (TPSA) is 155 Å². The average Bonchev–Trinajstić information content (AvgIpc) is 2.65. The summed E-state index contributed by atoms with van der Waals surface area (Å²) in [4.78, 5) is 29.1. The Morgan fingerprint density at radius 2 is 1.78 bits per heavy atom. The summed E-state index contributed by atoms with van der Waals surface area (Å²) < 4.78 is 19.9. The van der Waals surface area contributed by atoms with Gasteiger partial charge in [-0.05, 0) is 18.2 Å². The van der Waals surface area contributed by atoms with Crippen LogP contribution in [0.4, 0.5) is 0 Å². The minimum atomic E-state index is -2.69. The molecule has 10 nitrogen and oxygen atoms in total. The molecule has 5 N–H and O–H groups in total. The number of methoxy groups -OCH3 is 1. The molecule has 1 aliphatic rings. The first-order chi connectivity index (χ1) is 12.7.